The molecular formula is C15H26N2O3S. The molecule has 5 nitrogen and oxygen atoms in total. The molecule has 0 aliphatic heterocycles. The maximum Gasteiger partial charge on any atom is 0.274 e. The van der Waals surface area contributed by atoms with Crippen molar-refractivity contribution in [1.29, 1.82) is 0 Å². The minimum Gasteiger partial charge on any atom is -0.447 e. The summed E-state index contributed by atoms with van der Waals surface area (Å²) in [5.74, 6) is 1.86. The molecule has 2 rings (SSSR count). The summed E-state index contributed by atoms with van der Waals surface area (Å²) in [5, 5.41) is 3.13. The van der Waals surface area contributed by atoms with Gasteiger partial charge < -0.3 is 9.73 Å². The molecule has 1 aromatic rings. The first-order chi connectivity index (χ1) is 9.92. The summed E-state index contributed by atoms with van der Waals surface area (Å²) in [6.07, 6.45) is 2.86. The van der Waals surface area contributed by atoms with Gasteiger partial charge in [0.25, 0.3) is 10.0 Å². The first kappa shape index (κ1) is 16.5. The van der Waals surface area contributed by atoms with Crippen LogP contribution in [-0.2, 0) is 16.6 Å². The van der Waals surface area contributed by atoms with E-state index in [0.29, 0.717) is 24.1 Å². The van der Waals surface area contributed by atoms with Gasteiger partial charge >= 0.3 is 0 Å². The molecule has 0 saturated heterocycles. The van der Waals surface area contributed by atoms with Gasteiger partial charge in [-0.1, -0.05) is 20.8 Å². The predicted molar refractivity (Wildman–Crippen MR) is 82.4 cm³/mol. The first-order valence-corrected chi connectivity index (χ1v) is 9.22. The molecule has 0 spiro atoms. The van der Waals surface area contributed by atoms with E-state index < -0.39 is 10.0 Å². The van der Waals surface area contributed by atoms with Crippen LogP contribution in [0, 0.1) is 11.8 Å². The topological polar surface area (TPSA) is 71.3 Å². The Kier molecular flexibility index (Phi) is 5.46. The lowest BCUT2D eigenvalue weighted by atomic mass is 9.79. The molecule has 1 saturated carbocycles. The van der Waals surface area contributed by atoms with Gasteiger partial charge in [0.05, 0.1) is 6.54 Å². The summed E-state index contributed by atoms with van der Waals surface area (Å²) in [6, 6.07) is 3.26. The molecule has 1 aromatic heterocycles. The molecule has 6 heteroatoms. The number of rotatable bonds is 6. The van der Waals surface area contributed by atoms with Crippen LogP contribution >= 0.6 is 0 Å². The van der Waals surface area contributed by atoms with E-state index in [2.05, 4.69) is 23.9 Å². The Bertz CT molecular complexity index is 553. The van der Waals surface area contributed by atoms with Crippen molar-refractivity contribution in [1.82, 2.24) is 10.0 Å². The molecule has 2 N–H and O–H groups in total. The van der Waals surface area contributed by atoms with Crippen molar-refractivity contribution in [2.75, 3.05) is 6.54 Å². The highest BCUT2D eigenvalue weighted by Crippen LogP contribution is 2.30. The van der Waals surface area contributed by atoms with Gasteiger partial charge in [0.2, 0.25) is 5.09 Å². The SMILES string of the molecule is CCNCc1ccc(S(=O)(=O)NC2CCC(C)C(C)C2)o1. The second kappa shape index (κ2) is 6.94. The van der Waals surface area contributed by atoms with Crippen molar-refractivity contribution in [2.45, 2.75) is 57.7 Å². The Labute approximate surface area is 127 Å². The first-order valence-electron chi connectivity index (χ1n) is 7.74. The fourth-order valence-electron chi connectivity index (χ4n) is 2.78. The van der Waals surface area contributed by atoms with Gasteiger partial charge in [-0.25, -0.2) is 13.1 Å². The zero-order valence-electron chi connectivity index (χ0n) is 13.1. The highest BCUT2D eigenvalue weighted by atomic mass is 32.2. The molecule has 0 amide bonds. The van der Waals surface area contributed by atoms with Crippen LogP contribution < -0.4 is 10.0 Å². The normalized spacial score (nSPS) is 26.9. The van der Waals surface area contributed by atoms with Gasteiger partial charge in [0.15, 0.2) is 0 Å². The van der Waals surface area contributed by atoms with E-state index >= 15 is 0 Å². The molecular weight excluding hydrogens is 288 g/mol. The van der Waals surface area contributed by atoms with E-state index in [0.717, 1.165) is 25.8 Å². The molecule has 1 aliphatic rings. The van der Waals surface area contributed by atoms with Crippen LogP contribution in [0.25, 0.3) is 0 Å². The lowest BCUT2D eigenvalue weighted by Gasteiger charge is -2.32. The van der Waals surface area contributed by atoms with E-state index in [9.17, 15) is 8.42 Å². The number of sulfonamides is 1. The van der Waals surface area contributed by atoms with Gasteiger partial charge in [0, 0.05) is 6.04 Å². The third-order valence-corrected chi connectivity index (χ3v) is 5.76. The van der Waals surface area contributed by atoms with Crippen LogP contribution in [0.2, 0.25) is 0 Å². The fourth-order valence-corrected chi connectivity index (χ4v) is 4.01. The minimum absolute atomic E-state index is 0.0154. The van der Waals surface area contributed by atoms with Crippen LogP contribution in [0.3, 0.4) is 0 Å². The summed E-state index contributed by atoms with van der Waals surface area (Å²) in [4.78, 5) is 0. The van der Waals surface area contributed by atoms with Crippen LogP contribution in [0.4, 0.5) is 0 Å². The van der Waals surface area contributed by atoms with Crippen molar-refractivity contribution in [3.63, 3.8) is 0 Å². The molecule has 0 aromatic carbocycles. The highest BCUT2D eigenvalue weighted by Gasteiger charge is 2.29. The second-order valence-corrected chi connectivity index (χ2v) is 7.73. The number of hydrogen-bond acceptors (Lipinski definition) is 4. The van der Waals surface area contributed by atoms with E-state index in [-0.39, 0.29) is 11.1 Å². The van der Waals surface area contributed by atoms with Crippen molar-refractivity contribution in [3.8, 4) is 0 Å². The Morgan fingerprint density at radius 3 is 2.67 bits per heavy atom. The molecule has 0 bridgehead atoms. The van der Waals surface area contributed by atoms with Gasteiger partial charge in [-0.15, -0.1) is 0 Å². The molecule has 1 fully saturated rings. The van der Waals surface area contributed by atoms with Gasteiger partial charge in [-0.05, 0) is 49.8 Å². The molecule has 1 aliphatic carbocycles. The third kappa shape index (κ3) is 4.31. The summed E-state index contributed by atoms with van der Waals surface area (Å²) >= 11 is 0. The quantitative estimate of drug-likeness (QED) is 0.846. The second-order valence-electron chi connectivity index (χ2n) is 6.09. The smallest absolute Gasteiger partial charge is 0.274 e. The predicted octanol–water partition coefficient (Wildman–Crippen LogP) is 2.49. The van der Waals surface area contributed by atoms with Crippen LogP contribution in [0.5, 0.6) is 0 Å². The van der Waals surface area contributed by atoms with Crippen molar-refractivity contribution < 1.29 is 12.8 Å². The summed E-state index contributed by atoms with van der Waals surface area (Å²) in [5.41, 5.74) is 0. The average Bonchev–Trinajstić information content (AvgIpc) is 2.90. The molecule has 3 atom stereocenters. The number of furan rings is 1. The third-order valence-electron chi connectivity index (χ3n) is 4.37. The highest BCUT2D eigenvalue weighted by molar-refractivity contribution is 7.89. The summed E-state index contributed by atoms with van der Waals surface area (Å²) in [7, 11) is -3.55. The van der Waals surface area contributed by atoms with Gasteiger partial charge in [-0.3, -0.25) is 0 Å². The van der Waals surface area contributed by atoms with Gasteiger partial charge in [-0.2, -0.15) is 0 Å². The number of hydrogen-bond donors (Lipinski definition) is 2. The molecule has 3 unspecified atom stereocenters. The fraction of sp³-hybridized carbons (Fsp3) is 0.733. The molecule has 0 radical (unpaired) electrons. The monoisotopic (exact) mass is 314 g/mol. The van der Waals surface area contributed by atoms with E-state index in [4.69, 9.17) is 4.42 Å². The zero-order chi connectivity index (χ0) is 15.5. The Morgan fingerprint density at radius 1 is 1.24 bits per heavy atom. The van der Waals surface area contributed by atoms with Crippen LogP contribution in [0.1, 0.15) is 45.8 Å². The average molecular weight is 314 g/mol. The van der Waals surface area contributed by atoms with E-state index in [1.807, 2.05) is 6.92 Å². The standard InChI is InChI=1S/C15H26N2O3S/c1-4-16-10-14-7-8-15(20-14)21(18,19)17-13-6-5-11(2)12(3)9-13/h7-8,11-13,16-17H,4-6,9-10H2,1-3H3. The van der Waals surface area contributed by atoms with Crippen molar-refractivity contribution in [2.24, 2.45) is 11.8 Å². The zero-order valence-corrected chi connectivity index (χ0v) is 13.9. The van der Waals surface area contributed by atoms with E-state index in [1.165, 1.54) is 6.07 Å². The maximum atomic E-state index is 12.4. The molecule has 120 valence electrons. The number of nitrogens with one attached hydrogen (secondary N) is 2. The maximum absolute atomic E-state index is 12.4. The minimum atomic E-state index is -3.55. The van der Waals surface area contributed by atoms with Gasteiger partial charge in [0.1, 0.15) is 5.76 Å². The molecule has 1 heterocycles. The van der Waals surface area contributed by atoms with Crippen molar-refractivity contribution >= 4 is 10.0 Å². The van der Waals surface area contributed by atoms with Crippen LogP contribution in [-0.4, -0.2) is 21.0 Å². The van der Waals surface area contributed by atoms with Crippen molar-refractivity contribution in [3.05, 3.63) is 17.9 Å². The Morgan fingerprint density at radius 2 is 2.00 bits per heavy atom. The van der Waals surface area contributed by atoms with E-state index in [1.54, 1.807) is 6.07 Å². The Hall–Kier alpha value is -0.850. The largest absolute Gasteiger partial charge is 0.447 e. The van der Waals surface area contributed by atoms with Crippen LogP contribution in [0.15, 0.2) is 21.6 Å². The Balaban J connectivity index is 1.99. The lowest BCUT2D eigenvalue weighted by Crippen LogP contribution is -2.39. The lowest BCUT2D eigenvalue weighted by molar-refractivity contribution is 0.241. The summed E-state index contributed by atoms with van der Waals surface area (Å²) < 4.78 is 32.9. The summed E-state index contributed by atoms with van der Waals surface area (Å²) in [6.45, 7) is 7.78. The molecule has 21 heavy (non-hydrogen) atoms.